The van der Waals surface area contributed by atoms with Crippen LogP contribution in [0, 0.1) is 4.77 Å². The summed E-state index contributed by atoms with van der Waals surface area (Å²) >= 11 is 5.45. The van der Waals surface area contributed by atoms with Crippen LogP contribution in [0.2, 0.25) is 0 Å². The van der Waals surface area contributed by atoms with E-state index in [9.17, 15) is 9.90 Å². The van der Waals surface area contributed by atoms with Crippen LogP contribution < -0.4 is 18.9 Å². The first-order chi connectivity index (χ1) is 23.7. The van der Waals surface area contributed by atoms with Crippen LogP contribution in [0.5, 0.6) is 35.0 Å². The zero-order valence-corrected chi connectivity index (χ0v) is 35.8. The Kier molecular flexibility index (Phi) is 12.5. The summed E-state index contributed by atoms with van der Waals surface area (Å²) < 4.78 is 35.9. The molecule has 3 aromatic rings. The van der Waals surface area contributed by atoms with Crippen LogP contribution in [0.1, 0.15) is 147 Å². The van der Waals surface area contributed by atoms with E-state index in [0.717, 1.165) is 22.3 Å². The lowest BCUT2D eigenvalue weighted by Gasteiger charge is -2.32. The molecule has 1 aromatic heterocycles. The molecule has 0 amide bonds. The first-order valence-corrected chi connectivity index (χ1v) is 18.3. The standard InChI is InChI=1S/C41H61N3O8S/c1-36(2,3)25-19-23(20-26(37(4,5)6)29(25)49-34(45)51-40(13,14)15)47-31-42-32(44-33(53)43-31)48-24-21-27(38(7,8)9)30(28(22-24)39(10,11)12)50-35(46)52-41(16,17)18/h19-22,34,45H,1-18H3,(H,42,43,44,53). The van der Waals surface area contributed by atoms with Crippen molar-refractivity contribution in [1.29, 1.82) is 0 Å². The molecule has 12 heteroatoms. The summed E-state index contributed by atoms with van der Waals surface area (Å²) in [5, 5.41) is 10.8. The van der Waals surface area contributed by atoms with Gasteiger partial charge in [0.1, 0.15) is 28.6 Å². The summed E-state index contributed by atoms with van der Waals surface area (Å²) in [5.41, 5.74) is -0.0494. The lowest BCUT2D eigenvalue weighted by Crippen LogP contribution is -2.32. The van der Waals surface area contributed by atoms with Gasteiger partial charge in [-0.25, -0.2) is 4.79 Å². The molecule has 0 bridgehead atoms. The largest absolute Gasteiger partial charge is 0.514 e. The lowest BCUT2D eigenvalue weighted by molar-refractivity contribution is -0.260. The maximum atomic E-state index is 12.9. The van der Waals surface area contributed by atoms with Crippen molar-refractivity contribution in [3.8, 4) is 35.0 Å². The molecule has 3 rings (SSSR count). The number of aliphatic hydroxyl groups is 1. The topological polar surface area (TPSA) is 134 Å². The van der Waals surface area contributed by atoms with Crippen LogP contribution in [0.15, 0.2) is 24.3 Å². The number of aromatic nitrogens is 3. The minimum atomic E-state index is -1.49. The van der Waals surface area contributed by atoms with Crippen molar-refractivity contribution in [2.75, 3.05) is 0 Å². The first kappa shape index (κ1) is 43.7. The molecule has 11 nitrogen and oxygen atoms in total. The van der Waals surface area contributed by atoms with E-state index in [2.05, 4.69) is 15.0 Å². The summed E-state index contributed by atoms with van der Waals surface area (Å²) in [6.07, 6.45) is -0.790. The van der Waals surface area contributed by atoms with Crippen molar-refractivity contribution in [3.05, 3.63) is 51.3 Å². The Balaban J connectivity index is 2.12. The van der Waals surface area contributed by atoms with Crippen LogP contribution in [0.4, 0.5) is 4.79 Å². The van der Waals surface area contributed by atoms with Crippen molar-refractivity contribution in [2.24, 2.45) is 0 Å². The summed E-state index contributed by atoms with van der Waals surface area (Å²) in [7, 11) is 0. The molecule has 0 fully saturated rings. The number of aliphatic hydroxyl groups excluding tert-OH is 1. The number of nitrogens with zero attached hydrogens (tertiary/aromatic N) is 2. The molecule has 1 unspecified atom stereocenters. The van der Waals surface area contributed by atoms with E-state index in [0.29, 0.717) is 23.0 Å². The fourth-order valence-corrected chi connectivity index (χ4v) is 5.40. The van der Waals surface area contributed by atoms with Gasteiger partial charge in [-0.15, -0.1) is 0 Å². The van der Waals surface area contributed by atoms with Gasteiger partial charge in [-0.05, 0) is 99.7 Å². The number of ether oxygens (including phenoxy) is 6. The van der Waals surface area contributed by atoms with Crippen LogP contribution in [-0.4, -0.2) is 43.9 Å². The molecular weight excluding hydrogens is 695 g/mol. The molecule has 1 heterocycles. The summed E-state index contributed by atoms with van der Waals surface area (Å²) in [5.74, 6) is 1.83. The summed E-state index contributed by atoms with van der Waals surface area (Å²) in [4.78, 5) is 24.6. The van der Waals surface area contributed by atoms with Crippen molar-refractivity contribution in [3.63, 3.8) is 0 Å². The normalized spacial score (nSPS) is 13.7. The lowest BCUT2D eigenvalue weighted by atomic mass is 9.79. The average molecular weight is 756 g/mol. The van der Waals surface area contributed by atoms with E-state index in [4.69, 9.17) is 40.6 Å². The van der Waals surface area contributed by atoms with Crippen molar-refractivity contribution < 1.29 is 38.3 Å². The van der Waals surface area contributed by atoms with Crippen LogP contribution >= 0.6 is 12.2 Å². The smallest absolute Gasteiger partial charge is 0.441 e. The van der Waals surface area contributed by atoms with Gasteiger partial charge in [-0.1, -0.05) is 83.1 Å². The highest BCUT2D eigenvalue weighted by Crippen LogP contribution is 2.45. The predicted molar refractivity (Wildman–Crippen MR) is 209 cm³/mol. The van der Waals surface area contributed by atoms with Gasteiger partial charge >= 0.3 is 24.7 Å². The number of nitrogens with one attached hydrogen (secondary N) is 1. The second-order valence-corrected chi connectivity index (χ2v) is 19.7. The van der Waals surface area contributed by atoms with E-state index in [1.54, 1.807) is 20.8 Å². The number of H-pyrrole nitrogens is 1. The van der Waals surface area contributed by atoms with Gasteiger partial charge in [0, 0.05) is 22.3 Å². The Bertz CT molecular complexity index is 1770. The molecule has 0 saturated carbocycles. The fourth-order valence-electron chi connectivity index (χ4n) is 5.24. The number of aromatic amines is 1. The molecule has 0 aliphatic heterocycles. The fraction of sp³-hybridized carbons (Fsp3) is 0.610. The third kappa shape index (κ3) is 12.7. The van der Waals surface area contributed by atoms with Gasteiger partial charge in [0.05, 0.1) is 5.60 Å². The van der Waals surface area contributed by atoms with Gasteiger partial charge in [-0.3, -0.25) is 4.98 Å². The van der Waals surface area contributed by atoms with Gasteiger partial charge in [0.15, 0.2) is 0 Å². The average Bonchev–Trinajstić information content (AvgIpc) is 2.89. The second-order valence-electron chi connectivity index (χ2n) is 19.4. The SMILES string of the molecule is CC(C)(C)OC(=O)Oc1c(C(C)(C)C)cc(Oc2nc(=S)nc(Oc3cc(C(C)(C)C)c(OC(O)OC(C)(C)C)c(C(C)(C)C)c3)[nH]2)cc1C(C)(C)C. The van der Waals surface area contributed by atoms with E-state index in [1.807, 2.05) is 128 Å². The summed E-state index contributed by atoms with van der Waals surface area (Å²) in [6.45, 7) is 33.9. The number of carbonyl (C=O) groups is 1. The molecule has 2 N–H and O–H groups in total. The number of hydrogen-bond donors (Lipinski definition) is 2. The Morgan fingerprint density at radius 2 is 0.981 bits per heavy atom. The molecule has 294 valence electrons. The van der Waals surface area contributed by atoms with Crippen molar-refractivity contribution in [2.45, 2.75) is 164 Å². The van der Waals surface area contributed by atoms with Gasteiger partial charge < -0.3 is 33.5 Å². The van der Waals surface area contributed by atoms with Gasteiger partial charge in [-0.2, -0.15) is 9.97 Å². The highest BCUT2D eigenvalue weighted by molar-refractivity contribution is 7.71. The number of benzene rings is 2. The molecule has 0 saturated heterocycles. The molecular formula is C41H61N3O8S. The van der Waals surface area contributed by atoms with E-state index in [1.165, 1.54) is 0 Å². The Labute approximate surface area is 321 Å². The van der Waals surface area contributed by atoms with Gasteiger partial charge in [0.2, 0.25) is 4.77 Å². The van der Waals surface area contributed by atoms with Gasteiger partial charge in [0.25, 0.3) is 0 Å². The Hall–Kier alpha value is -3.74. The minimum absolute atomic E-state index is 0.000198. The Morgan fingerprint density at radius 3 is 1.30 bits per heavy atom. The van der Waals surface area contributed by atoms with E-state index < -0.39 is 45.5 Å². The summed E-state index contributed by atoms with van der Waals surface area (Å²) in [6, 6.07) is 7.44. The van der Waals surface area contributed by atoms with Crippen LogP contribution in [-0.2, 0) is 31.1 Å². The highest BCUT2D eigenvalue weighted by Gasteiger charge is 2.33. The third-order valence-corrected chi connectivity index (χ3v) is 7.82. The molecule has 0 spiro atoms. The zero-order chi connectivity index (χ0) is 40.7. The number of hydrogen-bond acceptors (Lipinski definition) is 11. The highest BCUT2D eigenvalue weighted by atomic mass is 32.1. The maximum absolute atomic E-state index is 12.9. The van der Waals surface area contributed by atoms with Crippen molar-refractivity contribution >= 4 is 18.4 Å². The zero-order valence-electron chi connectivity index (χ0n) is 35.0. The van der Waals surface area contributed by atoms with Crippen molar-refractivity contribution in [1.82, 2.24) is 15.0 Å². The maximum Gasteiger partial charge on any atom is 0.514 e. The monoisotopic (exact) mass is 755 g/mol. The molecule has 53 heavy (non-hydrogen) atoms. The third-order valence-electron chi connectivity index (χ3n) is 7.64. The molecule has 2 aromatic carbocycles. The Morgan fingerprint density at radius 1 is 0.623 bits per heavy atom. The second kappa shape index (κ2) is 15.2. The van der Waals surface area contributed by atoms with Crippen LogP contribution in [0.25, 0.3) is 0 Å². The van der Waals surface area contributed by atoms with E-state index in [-0.39, 0.29) is 16.8 Å². The minimum Gasteiger partial charge on any atom is -0.441 e. The molecule has 0 radical (unpaired) electrons. The number of carbonyl (C=O) groups excluding carboxylic acids is 1. The first-order valence-electron chi connectivity index (χ1n) is 17.9. The van der Waals surface area contributed by atoms with E-state index >= 15 is 0 Å². The molecule has 0 aliphatic carbocycles. The predicted octanol–water partition coefficient (Wildman–Crippen LogP) is 11.1. The van der Waals surface area contributed by atoms with Crippen LogP contribution in [0.3, 0.4) is 0 Å². The molecule has 1 atom stereocenters. The number of rotatable bonds is 8. The molecule has 0 aliphatic rings. The quantitative estimate of drug-likeness (QED) is 0.0984.